The number of aldehydes is 1. The zero-order chi connectivity index (χ0) is 9.86. The second kappa shape index (κ2) is 3.90. The Balaban J connectivity index is 2.12. The molecule has 0 amide bonds. The highest BCUT2D eigenvalue weighted by Gasteiger charge is 2.34. The fourth-order valence-corrected chi connectivity index (χ4v) is 1.68. The Morgan fingerprint density at radius 2 is 2.21 bits per heavy atom. The van der Waals surface area contributed by atoms with Gasteiger partial charge in [0.2, 0.25) is 0 Å². The SMILES string of the molecule is O=CC1(Cc2ccccc2)NCCO1. The molecule has 0 radical (unpaired) electrons. The minimum atomic E-state index is -0.790. The molecule has 1 heterocycles. The third-order valence-corrected chi connectivity index (χ3v) is 2.39. The van der Waals surface area contributed by atoms with Gasteiger partial charge in [0.1, 0.15) is 0 Å². The summed E-state index contributed by atoms with van der Waals surface area (Å²) in [4.78, 5) is 10.9. The molecule has 3 heteroatoms. The lowest BCUT2D eigenvalue weighted by Crippen LogP contribution is -2.44. The summed E-state index contributed by atoms with van der Waals surface area (Å²) in [5.74, 6) is 0. The van der Waals surface area contributed by atoms with E-state index in [0.29, 0.717) is 13.0 Å². The van der Waals surface area contributed by atoms with E-state index in [1.165, 1.54) is 0 Å². The van der Waals surface area contributed by atoms with Crippen LogP contribution in [0.3, 0.4) is 0 Å². The Bertz CT molecular complexity index is 304. The van der Waals surface area contributed by atoms with Crippen molar-refractivity contribution in [2.75, 3.05) is 13.2 Å². The summed E-state index contributed by atoms with van der Waals surface area (Å²) >= 11 is 0. The maximum atomic E-state index is 10.9. The second-order valence-electron chi connectivity index (χ2n) is 3.44. The summed E-state index contributed by atoms with van der Waals surface area (Å²) in [6.45, 7) is 1.34. The highest BCUT2D eigenvalue weighted by molar-refractivity contribution is 5.63. The van der Waals surface area contributed by atoms with Gasteiger partial charge < -0.3 is 4.74 Å². The first-order chi connectivity index (χ1) is 6.85. The number of carbonyl (C=O) groups excluding carboxylic acids is 1. The lowest BCUT2D eigenvalue weighted by atomic mass is 10.0. The molecule has 0 spiro atoms. The first-order valence-corrected chi connectivity index (χ1v) is 4.74. The average molecular weight is 191 g/mol. The molecule has 0 aromatic heterocycles. The van der Waals surface area contributed by atoms with Gasteiger partial charge in [-0.25, -0.2) is 0 Å². The average Bonchev–Trinajstić information content (AvgIpc) is 2.69. The van der Waals surface area contributed by atoms with Crippen LogP contribution in [0.25, 0.3) is 0 Å². The molecular weight excluding hydrogens is 178 g/mol. The third-order valence-electron chi connectivity index (χ3n) is 2.39. The molecule has 1 aliphatic heterocycles. The van der Waals surface area contributed by atoms with Gasteiger partial charge in [-0.1, -0.05) is 30.3 Å². The van der Waals surface area contributed by atoms with Crippen molar-refractivity contribution < 1.29 is 9.53 Å². The molecule has 1 aromatic rings. The summed E-state index contributed by atoms with van der Waals surface area (Å²) in [5, 5.41) is 3.08. The first-order valence-electron chi connectivity index (χ1n) is 4.74. The number of hydrogen-bond acceptors (Lipinski definition) is 3. The number of rotatable bonds is 3. The summed E-state index contributed by atoms with van der Waals surface area (Å²) in [6, 6.07) is 9.87. The van der Waals surface area contributed by atoms with Crippen molar-refractivity contribution in [1.82, 2.24) is 5.32 Å². The van der Waals surface area contributed by atoms with Crippen LogP contribution in [-0.4, -0.2) is 25.2 Å². The fraction of sp³-hybridized carbons (Fsp3) is 0.364. The van der Waals surface area contributed by atoms with Gasteiger partial charge in [0, 0.05) is 13.0 Å². The van der Waals surface area contributed by atoms with E-state index in [-0.39, 0.29) is 0 Å². The highest BCUT2D eigenvalue weighted by Crippen LogP contribution is 2.16. The van der Waals surface area contributed by atoms with Gasteiger partial charge >= 0.3 is 0 Å². The van der Waals surface area contributed by atoms with Crippen LogP contribution in [-0.2, 0) is 16.0 Å². The Hall–Kier alpha value is -1.19. The summed E-state index contributed by atoms with van der Waals surface area (Å²) in [6.07, 6.45) is 1.45. The predicted octanol–water partition coefficient (Wildman–Crippen LogP) is 0.744. The van der Waals surface area contributed by atoms with Crippen molar-refractivity contribution in [2.24, 2.45) is 0 Å². The molecule has 0 bridgehead atoms. The Kier molecular flexibility index (Phi) is 2.61. The van der Waals surface area contributed by atoms with E-state index in [2.05, 4.69) is 5.32 Å². The minimum absolute atomic E-state index is 0.595. The topological polar surface area (TPSA) is 38.3 Å². The minimum Gasteiger partial charge on any atom is -0.352 e. The van der Waals surface area contributed by atoms with Crippen molar-refractivity contribution >= 4 is 6.29 Å². The number of hydrogen-bond donors (Lipinski definition) is 1. The lowest BCUT2D eigenvalue weighted by molar-refractivity contribution is -0.127. The Labute approximate surface area is 83.1 Å². The van der Waals surface area contributed by atoms with E-state index in [9.17, 15) is 4.79 Å². The second-order valence-corrected chi connectivity index (χ2v) is 3.44. The quantitative estimate of drug-likeness (QED) is 0.716. The monoisotopic (exact) mass is 191 g/mol. The normalized spacial score (nSPS) is 26.3. The first kappa shape index (κ1) is 9.37. The van der Waals surface area contributed by atoms with Crippen LogP contribution in [0.15, 0.2) is 30.3 Å². The van der Waals surface area contributed by atoms with Crippen LogP contribution in [0.2, 0.25) is 0 Å². The van der Waals surface area contributed by atoms with E-state index in [1.54, 1.807) is 0 Å². The van der Waals surface area contributed by atoms with Crippen LogP contribution < -0.4 is 5.32 Å². The maximum absolute atomic E-state index is 10.9. The van der Waals surface area contributed by atoms with Crippen molar-refractivity contribution in [1.29, 1.82) is 0 Å². The van der Waals surface area contributed by atoms with Gasteiger partial charge in [-0.2, -0.15) is 0 Å². The molecule has 1 saturated heterocycles. The highest BCUT2D eigenvalue weighted by atomic mass is 16.5. The Morgan fingerprint density at radius 3 is 2.79 bits per heavy atom. The number of nitrogens with one attached hydrogen (secondary N) is 1. The van der Waals surface area contributed by atoms with Gasteiger partial charge in [0.05, 0.1) is 6.61 Å². The Morgan fingerprint density at radius 1 is 1.43 bits per heavy atom. The molecule has 1 fully saturated rings. The summed E-state index contributed by atoms with van der Waals surface area (Å²) in [5.41, 5.74) is 0.315. The lowest BCUT2D eigenvalue weighted by Gasteiger charge is -2.21. The molecule has 0 aliphatic carbocycles. The molecule has 74 valence electrons. The maximum Gasteiger partial charge on any atom is 0.179 e. The summed E-state index contributed by atoms with van der Waals surface area (Å²) < 4.78 is 5.41. The zero-order valence-electron chi connectivity index (χ0n) is 7.90. The van der Waals surface area contributed by atoms with Gasteiger partial charge in [0.25, 0.3) is 0 Å². The molecule has 14 heavy (non-hydrogen) atoms. The molecule has 1 N–H and O–H groups in total. The largest absolute Gasteiger partial charge is 0.352 e. The van der Waals surface area contributed by atoms with Crippen molar-refractivity contribution in [3.05, 3.63) is 35.9 Å². The van der Waals surface area contributed by atoms with Crippen LogP contribution in [0, 0.1) is 0 Å². The van der Waals surface area contributed by atoms with E-state index >= 15 is 0 Å². The molecular formula is C11H13NO2. The molecule has 2 rings (SSSR count). The third kappa shape index (κ3) is 1.84. The molecule has 1 atom stereocenters. The van der Waals surface area contributed by atoms with E-state index in [4.69, 9.17) is 4.74 Å². The molecule has 1 aliphatic rings. The van der Waals surface area contributed by atoms with Crippen molar-refractivity contribution in [3.63, 3.8) is 0 Å². The molecule has 1 unspecified atom stereocenters. The zero-order valence-corrected chi connectivity index (χ0v) is 7.90. The van der Waals surface area contributed by atoms with Crippen LogP contribution >= 0.6 is 0 Å². The fourth-order valence-electron chi connectivity index (χ4n) is 1.68. The smallest absolute Gasteiger partial charge is 0.179 e. The van der Waals surface area contributed by atoms with Gasteiger partial charge in [-0.05, 0) is 5.56 Å². The van der Waals surface area contributed by atoms with Crippen molar-refractivity contribution in [3.8, 4) is 0 Å². The molecule has 3 nitrogen and oxygen atoms in total. The van der Waals surface area contributed by atoms with Gasteiger partial charge in [-0.3, -0.25) is 10.1 Å². The van der Waals surface area contributed by atoms with Crippen LogP contribution in [0.5, 0.6) is 0 Å². The van der Waals surface area contributed by atoms with Crippen LogP contribution in [0.4, 0.5) is 0 Å². The summed E-state index contributed by atoms with van der Waals surface area (Å²) in [7, 11) is 0. The predicted molar refractivity (Wildman–Crippen MR) is 52.9 cm³/mol. The number of carbonyl (C=O) groups is 1. The van der Waals surface area contributed by atoms with E-state index in [1.807, 2.05) is 30.3 Å². The van der Waals surface area contributed by atoms with Gasteiger partial charge in [-0.15, -0.1) is 0 Å². The molecule has 0 saturated carbocycles. The standard InChI is InChI=1S/C11H13NO2/c13-9-11(12-6-7-14-11)8-10-4-2-1-3-5-10/h1-5,9,12H,6-8H2. The van der Waals surface area contributed by atoms with Crippen LogP contribution in [0.1, 0.15) is 5.56 Å². The van der Waals surface area contributed by atoms with E-state index in [0.717, 1.165) is 18.4 Å². The molecule has 1 aromatic carbocycles. The number of benzene rings is 1. The van der Waals surface area contributed by atoms with Crippen molar-refractivity contribution in [2.45, 2.75) is 12.1 Å². The van der Waals surface area contributed by atoms with Gasteiger partial charge in [0.15, 0.2) is 12.0 Å². The number of ether oxygens (including phenoxy) is 1. The van der Waals surface area contributed by atoms with E-state index < -0.39 is 5.72 Å².